The largest absolute Gasteiger partial charge is 0.341 e. The zero-order valence-electron chi connectivity index (χ0n) is 10.5. The van der Waals surface area contributed by atoms with E-state index in [1.165, 1.54) is 12.1 Å². The summed E-state index contributed by atoms with van der Waals surface area (Å²) in [5.74, 6) is -3.74. The van der Waals surface area contributed by atoms with Crippen LogP contribution in [0.3, 0.4) is 0 Å². The van der Waals surface area contributed by atoms with Crippen LogP contribution in [-0.4, -0.2) is 33.2 Å². The molecule has 20 heavy (non-hydrogen) atoms. The molecule has 5 nitrogen and oxygen atoms in total. The van der Waals surface area contributed by atoms with E-state index in [1.54, 1.807) is 0 Å². The number of rotatable bonds is 4. The second-order valence-electron chi connectivity index (χ2n) is 4.51. The van der Waals surface area contributed by atoms with Gasteiger partial charge in [0.1, 0.15) is 0 Å². The van der Waals surface area contributed by atoms with Crippen molar-refractivity contribution in [2.75, 3.05) is 18.4 Å². The van der Waals surface area contributed by atoms with Gasteiger partial charge in [0, 0.05) is 12.2 Å². The lowest BCUT2D eigenvalue weighted by Crippen LogP contribution is -2.24. The minimum atomic E-state index is -4.59. The van der Waals surface area contributed by atoms with Crippen LogP contribution in [-0.2, 0) is 14.6 Å². The molecule has 0 aliphatic carbocycles. The Morgan fingerprint density at radius 3 is 2.45 bits per heavy atom. The first-order valence-corrected chi connectivity index (χ1v) is 7.59. The zero-order valence-corrected chi connectivity index (χ0v) is 11.3. The number of carbonyl (C=O) groups excluding carboxylic acids is 1. The molecule has 1 aromatic rings. The molecule has 1 heterocycles. The lowest BCUT2D eigenvalue weighted by atomic mass is 10.1. The van der Waals surface area contributed by atoms with Gasteiger partial charge in [0.2, 0.25) is 15.7 Å². The highest BCUT2D eigenvalue weighted by Crippen LogP contribution is 2.21. The van der Waals surface area contributed by atoms with E-state index in [2.05, 4.69) is 10.6 Å². The van der Waals surface area contributed by atoms with Crippen LogP contribution >= 0.6 is 0 Å². The maximum atomic E-state index is 12.3. The summed E-state index contributed by atoms with van der Waals surface area (Å²) in [6.45, 7) is 1.38. The molecule has 110 valence electrons. The predicted molar refractivity (Wildman–Crippen MR) is 69.2 cm³/mol. The van der Waals surface area contributed by atoms with Gasteiger partial charge in [0.05, 0.1) is 10.8 Å². The second-order valence-corrected chi connectivity index (χ2v) is 6.43. The number of alkyl halides is 2. The van der Waals surface area contributed by atoms with Gasteiger partial charge in [-0.2, -0.15) is 8.78 Å². The number of amides is 1. The van der Waals surface area contributed by atoms with Crippen LogP contribution in [0.1, 0.15) is 6.42 Å². The molecule has 0 bridgehead atoms. The summed E-state index contributed by atoms with van der Waals surface area (Å²) >= 11 is 0. The van der Waals surface area contributed by atoms with Gasteiger partial charge in [0.15, 0.2) is 0 Å². The molecule has 2 rings (SSSR count). The van der Waals surface area contributed by atoms with Crippen LogP contribution in [0.25, 0.3) is 0 Å². The van der Waals surface area contributed by atoms with Crippen molar-refractivity contribution in [3.63, 3.8) is 0 Å². The third kappa shape index (κ3) is 3.13. The smallest absolute Gasteiger partial charge is 0.326 e. The van der Waals surface area contributed by atoms with Gasteiger partial charge in [-0.15, -0.1) is 0 Å². The lowest BCUT2D eigenvalue weighted by molar-refractivity contribution is -0.119. The number of sulfone groups is 1. The highest BCUT2D eigenvalue weighted by Gasteiger charge is 2.26. The van der Waals surface area contributed by atoms with E-state index in [9.17, 15) is 22.0 Å². The fourth-order valence-electron chi connectivity index (χ4n) is 1.95. The van der Waals surface area contributed by atoms with E-state index in [4.69, 9.17) is 0 Å². The van der Waals surface area contributed by atoms with Crippen LogP contribution in [0, 0.1) is 5.92 Å². The van der Waals surface area contributed by atoms with Crippen molar-refractivity contribution in [1.29, 1.82) is 0 Å². The molecule has 1 aliphatic rings. The molecular formula is C12H14F2N2O3S. The molecule has 1 aromatic carbocycles. The third-order valence-electron chi connectivity index (χ3n) is 3.12. The third-order valence-corrected chi connectivity index (χ3v) is 4.51. The van der Waals surface area contributed by atoms with E-state index >= 15 is 0 Å². The molecular weight excluding hydrogens is 290 g/mol. The monoisotopic (exact) mass is 304 g/mol. The normalized spacial score (nSPS) is 19.2. The molecule has 1 saturated heterocycles. The first kappa shape index (κ1) is 14.9. The zero-order chi connectivity index (χ0) is 14.8. The van der Waals surface area contributed by atoms with Gasteiger partial charge in [-0.25, -0.2) is 8.42 Å². The first-order chi connectivity index (χ1) is 9.41. The number of carbonyl (C=O) groups is 1. The molecule has 0 radical (unpaired) electrons. The Kier molecular flexibility index (Phi) is 4.34. The predicted octanol–water partition coefficient (Wildman–Crippen LogP) is 1.23. The average Bonchev–Trinajstić information content (AvgIpc) is 2.93. The summed E-state index contributed by atoms with van der Waals surface area (Å²) in [5.41, 5.74) is 0.384. The van der Waals surface area contributed by atoms with Crippen LogP contribution in [0.15, 0.2) is 29.2 Å². The maximum absolute atomic E-state index is 12.3. The minimum Gasteiger partial charge on any atom is -0.326 e. The highest BCUT2D eigenvalue weighted by atomic mass is 32.2. The minimum absolute atomic E-state index is 0.125. The van der Waals surface area contributed by atoms with E-state index < -0.39 is 20.5 Å². The Balaban J connectivity index is 2.07. The average molecular weight is 304 g/mol. The van der Waals surface area contributed by atoms with E-state index in [1.807, 2.05) is 0 Å². The fourth-order valence-corrected chi connectivity index (χ4v) is 2.67. The molecule has 8 heteroatoms. The van der Waals surface area contributed by atoms with Crippen molar-refractivity contribution >= 4 is 21.4 Å². The van der Waals surface area contributed by atoms with Gasteiger partial charge in [-0.1, -0.05) is 0 Å². The highest BCUT2D eigenvalue weighted by molar-refractivity contribution is 7.91. The van der Waals surface area contributed by atoms with Gasteiger partial charge in [-0.05, 0) is 37.2 Å². The van der Waals surface area contributed by atoms with Crippen LogP contribution < -0.4 is 10.6 Å². The Labute approximate surface area is 115 Å². The van der Waals surface area contributed by atoms with Gasteiger partial charge >= 0.3 is 5.76 Å². The fraction of sp³-hybridized carbons (Fsp3) is 0.417. The van der Waals surface area contributed by atoms with E-state index in [0.717, 1.165) is 25.1 Å². The van der Waals surface area contributed by atoms with Gasteiger partial charge in [0.25, 0.3) is 0 Å². The van der Waals surface area contributed by atoms with Crippen LogP contribution in [0.2, 0.25) is 0 Å². The summed E-state index contributed by atoms with van der Waals surface area (Å²) < 4.78 is 47.2. The van der Waals surface area contributed by atoms with Crippen molar-refractivity contribution in [3.8, 4) is 0 Å². The van der Waals surface area contributed by atoms with E-state index in [-0.39, 0.29) is 11.8 Å². The molecule has 0 spiro atoms. The number of hydrogen-bond donors (Lipinski definition) is 2. The SMILES string of the molecule is O=C(Nc1ccc(S(=O)(=O)C(F)F)cc1)C1CCNC1. The lowest BCUT2D eigenvalue weighted by Gasteiger charge is -2.10. The molecule has 1 atom stereocenters. The number of anilines is 1. The first-order valence-electron chi connectivity index (χ1n) is 6.05. The molecule has 1 aliphatic heterocycles. The molecule has 2 N–H and O–H groups in total. The molecule has 1 amide bonds. The van der Waals surface area contributed by atoms with Crippen molar-refractivity contribution < 1.29 is 22.0 Å². The summed E-state index contributed by atoms with van der Waals surface area (Å²) in [5, 5.41) is 5.69. The summed E-state index contributed by atoms with van der Waals surface area (Å²) in [6.07, 6.45) is 0.740. The topological polar surface area (TPSA) is 75.3 Å². The molecule has 1 unspecified atom stereocenters. The van der Waals surface area contributed by atoms with Crippen molar-refractivity contribution in [2.45, 2.75) is 17.1 Å². The summed E-state index contributed by atoms with van der Waals surface area (Å²) in [4.78, 5) is 11.4. The Morgan fingerprint density at radius 1 is 1.30 bits per heavy atom. The Bertz CT molecular complexity index is 581. The Hall–Kier alpha value is -1.54. The summed E-state index contributed by atoms with van der Waals surface area (Å²) in [6, 6.07) is 4.72. The number of nitrogens with one attached hydrogen (secondary N) is 2. The maximum Gasteiger partial charge on any atom is 0.341 e. The molecule has 0 saturated carbocycles. The van der Waals surface area contributed by atoms with Crippen molar-refractivity contribution in [3.05, 3.63) is 24.3 Å². The molecule has 0 aromatic heterocycles. The Morgan fingerprint density at radius 2 is 1.95 bits per heavy atom. The van der Waals surface area contributed by atoms with Crippen LogP contribution in [0.5, 0.6) is 0 Å². The standard InChI is InChI=1S/C12H14F2N2O3S/c13-12(14)20(18,19)10-3-1-9(2-4-10)16-11(17)8-5-6-15-7-8/h1-4,8,12,15H,5-7H2,(H,16,17). The van der Waals surface area contributed by atoms with E-state index in [0.29, 0.717) is 12.2 Å². The van der Waals surface area contributed by atoms with Gasteiger partial charge < -0.3 is 10.6 Å². The van der Waals surface area contributed by atoms with Crippen LogP contribution in [0.4, 0.5) is 14.5 Å². The number of halogens is 2. The second kappa shape index (κ2) is 5.84. The quantitative estimate of drug-likeness (QED) is 0.877. The van der Waals surface area contributed by atoms with Gasteiger partial charge in [-0.3, -0.25) is 4.79 Å². The van der Waals surface area contributed by atoms with Crippen molar-refractivity contribution in [2.24, 2.45) is 5.92 Å². The van der Waals surface area contributed by atoms with Crippen molar-refractivity contribution in [1.82, 2.24) is 5.32 Å². The number of hydrogen-bond acceptors (Lipinski definition) is 4. The molecule has 1 fully saturated rings. The summed E-state index contributed by atoms with van der Waals surface area (Å²) in [7, 11) is -4.59. The number of benzene rings is 1.